The van der Waals surface area contributed by atoms with Gasteiger partial charge in [0.05, 0.1) is 12.1 Å². The molecule has 1 fully saturated rings. The number of urea groups is 1. The van der Waals surface area contributed by atoms with Crippen molar-refractivity contribution in [3.63, 3.8) is 0 Å². The van der Waals surface area contributed by atoms with Crippen molar-refractivity contribution in [1.29, 1.82) is 0 Å². The Balaban J connectivity index is 2.57. The van der Waals surface area contributed by atoms with Crippen molar-refractivity contribution >= 4 is 12.0 Å². The fraction of sp³-hybridized carbons (Fsp3) is 0.833. The second-order valence-corrected chi connectivity index (χ2v) is 4.88. The van der Waals surface area contributed by atoms with Crippen LogP contribution in [0.5, 0.6) is 0 Å². The average molecular weight is 274 g/mol. The molecule has 0 saturated heterocycles. The molecule has 0 spiro atoms. The van der Waals surface area contributed by atoms with E-state index in [0.29, 0.717) is 12.8 Å². The summed E-state index contributed by atoms with van der Waals surface area (Å²) in [6, 6.07) is -1.93. The summed E-state index contributed by atoms with van der Waals surface area (Å²) >= 11 is 0. The minimum atomic E-state index is -1.18. The van der Waals surface area contributed by atoms with Gasteiger partial charge in [-0.1, -0.05) is 12.8 Å². The number of carboxylic acids is 1. The molecule has 19 heavy (non-hydrogen) atoms. The summed E-state index contributed by atoms with van der Waals surface area (Å²) in [7, 11) is 1.55. The van der Waals surface area contributed by atoms with Gasteiger partial charge in [0, 0.05) is 20.1 Å². The number of amides is 2. The van der Waals surface area contributed by atoms with Crippen LogP contribution in [0.1, 0.15) is 32.1 Å². The van der Waals surface area contributed by atoms with Gasteiger partial charge in [0.2, 0.25) is 0 Å². The van der Waals surface area contributed by atoms with Gasteiger partial charge in [0.1, 0.15) is 6.04 Å². The van der Waals surface area contributed by atoms with Crippen molar-refractivity contribution in [2.75, 3.05) is 13.7 Å². The number of nitrogens with zero attached hydrogens (tertiary/aromatic N) is 1. The van der Waals surface area contributed by atoms with E-state index in [0.717, 1.165) is 12.8 Å². The molecule has 0 aliphatic heterocycles. The maximum Gasteiger partial charge on any atom is 0.326 e. The molecule has 0 aromatic heterocycles. The molecule has 3 unspecified atom stereocenters. The Morgan fingerprint density at radius 3 is 2.53 bits per heavy atom. The zero-order valence-electron chi connectivity index (χ0n) is 11.1. The Hall–Kier alpha value is -1.34. The van der Waals surface area contributed by atoms with Crippen LogP contribution in [-0.4, -0.2) is 64.1 Å². The Labute approximate surface area is 112 Å². The van der Waals surface area contributed by atoms with E-state index in [9.17, 15) is 14.7 Å². The van der Waals surface area contributed by atoms with E-state index < -0.39 is 24.1 Å². The van der Waals surface area contributed by atoms with E-state index in [1.165, 1.54) is 4.90 Å². The first-order valence-corrected chi connectivity index (χ1v) is 6.52. The smallest absolute Gasteiger partial charge is 0.326 e. The first-order chi connectivity index (χ1) is 8.97. The van der Waals surface area contributed by atoms with Crippen molar-refractivity contribution in [3.8, 4) is 0 Å². The number of carbonyl (C=O) groups excluding carboxylic acids is 1. The van der Waals surface area contributed by atoms with Crippen LogP contribution < -0.4 is 5.32 Å². The number of carbonyl (C=O) groups is 2. The molecule has 0 bridgehead atoms. The fourth-order valence-electron chi connectivity index (χ4n) is 2.33. The molecule has 110 valence electrons. The second kappa shape index (κ2) is 7.30. The van der Waals surface area contributed by atoms with Crippen LogP contribution in [0.25, 0.3) is 0 Å². The highest BCUT2D eigenvalue weighted by molar-refractivity contribution is 5.82. The van der Waals surface area contributed by atoms with Crippen LogP contribution in [0.15, 0.2) is 0 Å². The molecule has 1 rings (SSSR count). The predicted octanol–water partition coefficient (Wildman–Crippen LogP) is -0.233. The maximum atomic E-state index is 11.9. The minimum Gasteiger partial charge on any atom is -0.480 e. The van der Waals surface area contributed by atoms with E-state index in [1.54, 1.807) is 7.05 Å². The molecule has 2 amide bonds. The highest BCUT2D eigenvalue weighted by atomic mass is 16.4. The Kier molecular flexibility index (Phi) is 6.04. The molecule has 7 nitrogen and oxygen atoms in total. The molecule has 3 atom stereocenters. The quantitative estimate of drug-likeness (QED) is 0.553. The van der Waals surface area contributed by atoms with Crippen LogP contribution >= 0.6 is 0 Å². The highest BCUT2D eigenvalue weighted by Crippen LogP contribution is 2.22. The molecule has 7 heteroatoms. The van der Waals surface area contributed by atoms with Gasteiger partial charge in [0.15, 0.2) is 0 Å². The van der Waals surface area contributed by atoms with Gasteiger partial charge in [-0.15, -0.1) is 0 Å². The molecule has 0 aromatic rings. The Morgan fingerprint density at radius 1 is 1.37 bits per heavy atom. The summed E-state index contributed by atoms with van der Waals surface area (Å²) in [4.78, 5) is 24.2. The van der Waals surface area contributed by atoms with Gasteiger partial charge in [-0.25, -0.2) is 9.59 Å². The van der Waals surface area contributed by atoms with Gasteiger partial charge in [0.25, 0.3) is 0 Å². The van der Waals surface area contributed by atoms with E-state index in [-0.39, 0.29) is 19.1 Å². The zero-order valence-corrected chi connectivity index (χ0v) is 11.1. The standard InChI is InChI=1S/C12H22N2O5/c1-14(9-4-2-3-5-10(9)16)12(19)13-8(6-7-15)11(17)18/h8-10,15-16H,2-7H2,1H3,(H,13,19)(H,17,18). The highest BCUT2D eigenvalue weighted by Gasteiger charge is 2.31. The molecule has 1 saturated carbocycles. The SMILES string of the molecule is CN(C(=O)NC(CCO)C(=O)O)C1CCCCC1O. The number of nitrogens with one attached hydrogen (secondary N) is 1. The van der Waals surface area contributed by atoms with Crippen LogP contribution in [0.3, 0.4) is 0 Å². The first-order valence-electron chi connectivity index (χ1n) is 6.52. The van der Waals surface area contributed by atoms with Gasteiger partial charge in [-0.05, 0) is 12.8 Å². The summed E-state index contributed by atoms with van der Waals surface area (Å²) in [5.74, 6) is -1.18. The summed E-state index contributed by atoms with van der Waals surface area (Å²) < 4.78 is 0. The monoisotopic (exact) mass is 274 g/mol. The minimum absolute atomic E-state index is 0.0396. The lowest BCUT2D eigenvalue weighted by Gasteiger charge is -2.35. The summed E-state index contributed by atoms with van der Waals surface area (Å²) in [5, 5.41) is 29.9. The second-order valence-electron chi connectivity index (χ2n) is 4.88. The van der Waals surface area contributed by atoms with Crippen molar-refractivity contribution in [2.24, 2.45) is 0 Å². The van der Waals surface area contributed by atoms with Crippen molar-refractivity contribution in [1.82, 2.24) is 10.2 Å². The number of aliphatic hydroxyl groups is 2. The number of aliphatic hydroxyl groups excluding tert-OH is 2. The topological polar surface area (TPSA) is 110 Å². The molecule has 0 aromatic carbocycles. The van der Waals surface area contributed by atoms with Crippen LogP contribution in [0, 0.1) is 0 Å². The van der Waals surface area contributed by atoms with Gasteiger partial charge in [-0.3, -0.25) is 0 Å². The number of hydrogen-bond acceptors (Lipinski definition) is 4. The molecular weight excluding hydrogens is 252 g/mol. The van der Waals surface area contributed by atoms with E-state index in [4.69, 9.17) is 10.2 Å². The Morgan fingerprint density at radius 2 is 2.00 bits per heavy atom. The maximum absolute atomic E-state index is 11.9. The third-order valence-electron chi connectivity index (χ3n) is 3.53. The number of carboxylic acid groups (broad SMARTS) is 1. The van der Waals surface area contributed by atoms with Crippen LogP contribution in [-0.2, 0) is 4.79 Å². The van der Waals surface area contributed by atoms with Crippen LogP contribution in [0.4, 0.5) is 4.79 Å². The van der Waals surface area contributed by atoms with E-state index in [1.807, 2.05) is 0 Å². The van der Waals surface area contributed by atoms with Crippen molar-refractivity contribution in [3.05, 3.63) is 0 Å². The largest absolute Gasteiger partial charge is 0.480 e. The predicted molar refractivity (Wildman–Crippen MR) is 67.7 cm³/mol. The normalized spacial score (nSPS) is 24.6. The molecule has 0 radical (unpaired) electrons. The van der Waals surface area contributed by atoms with Gasteiger partial charge in [-0.2, -0.15) is 0 Å². The lowest BCUT2D eigenvalue weighted by molar-refractivity contribution is -0.139. The third-order valence-corrected chi connectivity index (χ3v) is 3.53. The molecule has 0 heterocycles. The molecule has 1 aliphatic carbocycles. The number of aliphatic carboxylic acids is 1. The lowest BCUT2D eigenvalue weighted by Crippen LogP contribution is -2.53. The van der Waals surface area contributed by atoms with Gasteiger partial charge >= 0.3 is 12.0 Å². The molecule has 4 N–H and O–H groups in total. The fourth-order valence-corrected chi connectivity index (χ4v) is 2.33. The zero-order chi connectivity index (χ0) is 14.4. The van der Waals surface area contributed by atoms with E-state index >= 15 is 0 Å². The number of likely N-dealkylation sites (N-methyl/N-ethyl adjacent to an activating group) is 1. The third kappa shape index (κ3) is 4.36. The summed E-state index contributed by atoms with van der Waals surface area (Å²) in [5.41, 5.74) is 0. The average Bonchev–Trinajstić information content (AvgIpc) is 2.37. The molecular formula is C12H22N2O5. The summed E-state index contributed by atoms with van der Waals surface area (Å²) in [6.45, 7) is -0.312. The Bertz CT molecular complexity index is 323. The van der Waals surface area contributed by atoms with Crippen LogP contribution in [0.2, 0.25) is 0 Å². The molecule has 1 aliphatic rings. The first kappa shape index (κ1) is 15.7. The number of rotatable bonds is 5. The van der Waals surface area contributed by atoms with E-state index in [2.05, 4.69) is 5.32 Å². The van der Waals surface area contributed by atoms with Gasteiger partial charge < -0.3 is 25.5 Å². The summed E-state index contributed by atoms with van der Waals surface area (Å²) in [6.07, 6.45) is 2.64. The number of hydrogen-bond donors (Lipinski definition) is 4. The van der Waals surface area contributed by atoms with Crippen molar-refractivity contribution < 1.29 is 24.9 Å². The lowest BCUT2D eigenvalue weighted by atomic mass is 9.92. The van der Waals surface area contributed by atoms with Crippen molar-refractivity contribution in [2.45, 2.75) is 50.3 Å².